The summed E-state index contributed by atoms with van der Waals surface area (Å²) in [5.41, 5.74) is 1.65. The van der Waals surface area contributed by atoms with Crippen molar-refractivity contribution in [1.29, 1.82) is 5.26 Å². The summed E-state index contributed by atoms with van der Waals surface area (Å²) in [6.07, 6.45) is 0. The Kier molecular flexibility index (Phi) is 5.94. The van der Waals surface area contributed by atoms with Gasteiger partial charge in [-0.05, 0) is 36.4 Å². The number of carbonyl (C=O) groups is 2. The van der Waals surface area contributed by atoms with E-state index in [1.807, 2.05) is 30.3 Å². The standard InChI is InChI=1S/C20H18ClN3O3/c21-17-5-2-6-18(12-17)23-7-9-24(10-8-23)19(25)14-27-20(26)16-4-1-3-15(11-16)13-22/h1-6,11-12H,7-10,14H2. The van der Waals surface area contributed by atoms with Gasteiger partial charge in [0.2, 0.25) is 0 Å². The minimum atomic E-state index is -0.613. The summed E-state index contributed by atoms with van der Waals surface area (Å²) in [5.74, 6) is -0.844. The number of hydrogen-bond donors (Lipinski definition) is 0. The average Bonchev–Trinajstić information content (AvgIpc) is 2.72. The number of carbonyl (C=O) groups excluding carboxylic acids is 2. The zero-order chi connectivity index (χ0) is 19.2. The maximum Gasteiger partial charge on any atom is 0.338 e. The lowest BCUT2D eigenvalue weighted by Crippen LogP contribution is -2.49. The van der Waals surface area contributed by atoms with Crippen molar-refractivity contribution >= 4 is 29.2 Å². The molecule has 0 N–H and O–H groups in total. The van der Waals surface area contributed by atoms with Crippen molar-refractivity contribution in [2.45, 2.75) is 0 Å². The van der Waals surface area contributed by atoms with Crippen LogP contribution in [0.4, 0.5) is 5.69 Å². The molecule has 1 amide bonds. The van der Waals surface area contributed by atoms with Crippen LogP contribution in [0, 0.1) is 11.3 Å². The number of amides is 1. The van der Waals surface area contributed by atoms with E-state index >= 15 is 0 Å². The minimum Gasteiger partial charge on any atom is -0.452 e. The molecule has 3 rings (SSSR count). The number of halogens is 1. The molecular formula is C20H18ClN3O3. The summed E-state index contributed by atoms with van der Waals surface area (Å²) in [4.78, 5) is 28.2. The van der Waals surface area contributed by atoms with E-state index in [-0.39, 0.29) is 18.1 Å². The van der Waals surface area contributed by atoms with Crippen LogP contribution in [-0.2, 0) is 9.53 Å². The predicted octanol–water partition coefficient (Wildman–Crippen LogP) is 2.72. The van der Waals surface area contributed by atoms with Gasteiger partial charge in [0.25, 0.3) is 5.91 Å². The maximum atomic E-state index is 12.3. The van der Waals surface area contributed by atoms with Gasteiger partial charge in [0.1, 0.15) is 0 Å². The molecule has 138 valence electrons. The van der Waals surface area contributed by atoms with Crippen LogP contribution < -0.4 is 4.90 Å². The van der Waals surface area contributed by atoms with Crippen molar-refractivity contribution in [3.63, 3.8) is 0 Å². The van der Waals surface area contributed by atoms with E-state index in [2.05, 4.69) is 4.90 Å². The Labute approximate surface area is 162 Å². The third-order valence-electron chi connectivity index (χ3n) is 4.36. The lowest BCUT2D eigenvalue weighted by molar-refractivity contribution is -0.134. The van der Waals surface area contributed by atoms with E-state index in [0.717, 1.165) is 5.69 Å². The number of esters is 1. The molecule has 1 heterocycles. The van der Waals surface area contributed by atoms with E-state index in [1.54, 1.807) is 23.1 Å². The maximum absolute atomic E-state index is 12.3. The van der Waals surface area contributed by atoms with Crippen LogP contribution >= 0.6 is 11.6 Å². The largest absolute Gasteiger partial charge is 0.452 e. The Morgan fingerprint density at radius 3 is 2.52 bits per heavy atom. The summed E-state index contributed by atoms with van der Waals surface area (Å²) >= 11 is 6.03. The molecule has 1 aliphatic rings. The van der Waals surface area contributed by atoms with E-state index in [9.17, 15) is 9.59 Å². The highest BCUT2D eigenvalue weighted by molar-refractivity contribution is 6.30. The summed E-state index contributed by atoms with van der Waals surface area (Å²) in [7, 11) is 0. The number of nitriles is 1. The van der Waals surface area contributed by atoms with Gasteiger partial charge in [0.15, 0.2) is 6.61 Å². The van der Waals surface area contributed by atoms with Gasteiger partial charge >= 0.3 is 5.97 Å². The molecule has 0 saturated carbocycles. The SMILES string of the molecule is N#Cc1cccc(C(=O)OCC(=O)N2CCN(c3cccc(Cl)c3)CC2)c1. The fraction of sp³-hybridized carbons (Fsp3) is 0.250. The van der Waals surface area contributed by atoms with E-state index < -0.39 is 5.97 Å². The summed E-state index contributed by atoms with van der Waals surface area (Å²) in [6, 6.07) is 15.8. The molecule has 1 fully saturated rings. The first-order valence-corrected chi connectivity index (χ1v) is 8.90. The van der Waals surface area contributed by atoms with Crippen molar-refractivity contribution in [3.05, 3.63) is 64.7 Å². The normalized spacial score (nSPS) is 13.8. The van der Waals surface area contributed by atoms with Crippen molar-refractivity contribution in [3.8, 4) is 6.07 Å². The number of rotatable bonds is 4. The Balaban J connectivity index is 1.49. The lowest BCUT2D eigenvalue weighted by Gasteiger charge is -2.36. The van der Waals surface area contributed by atoms with Gasteiger partial charge in [0, 0.05) is 36.9 Å². The third-order valence-corrected chi connectivity index (χ3v) is 4.59. The fourth-order valence-electron chi connectivity index (χ4n) is 2.90. The van der Waals surface area contributed by atoms with Gasteiger partial charge < -0.3 is 14.5 Å². The van der Waals surface area contributed by atoms with Gasteiger partial charge in [-0.3, -0.25) is 4.79 Å². The zero-order valence-electron chi connectivity index (χ0n) is 14.6. The van der Waals surface area contributed by atoms with E-state index in [4.69, 9.17) is 21.6 Å². The van der Waals surface area contributed by atoms with Crippen LogP contribution in [0.2, 0.25) is 5.02 Å². The second-order valence-corrected chi connectivity index (χ2v) is 6.55. The van der Waals surface area contributed by atoms with Crippen molar-refractivity contribution in [2.24, 2.45) is 0 Å². The second-order valence-electron chi connectivity index (χ2n) is 6.12. The second kappa shape index (κ2) is 8.56. The third kappa shape index (κ3) is 4.78. The highest BCUT2D eigenvalue weighted by atomic mass is 35.5. The number of ether oxygens (including phenoxy) is 1. The van der Waals surface area contributed by atoms with E-state index in [0.29, 0.717) is 36.8 Å². The molecule has 0 spiro atoms. The molecule has 0 unspecified atom stereocenters. The summed E-state index contributed by atoms with van der Waals surface area (Å²) in [5, 5.41) is 9.56. The first-order valence-electron chi connectivity index (χ1n) is 8.52. The molecule has 0 aliphatic carbocycles. The predicted molar refractivity (Wildman–Crippen MR) is 102 cm³/mol. The molecule has 1 saturated heterocycles. The van der Waals surface area contributed by atoms with Gasteiger partial charge in [-0.1, -0.05) is 23.7 Å². The topological polar surface area (TPSA) is 73.6 Å². The monoisotopic (exact) mass is 383 g/mol. The van der Waals surface area contributed by atoms with Crippen LogP contribution in [0.15, 0.2) is 48.5 Å². The number of nitrogens with zero attached hydrogens (tertiary/aromatic N) is 3. The Morgan fingerprint density at radius 2 is 1.81 bits per heavy atom. The number of anilines is 1. The minimum absolute atomic E-state index is 0.231. The van der Waals surface area contributed by atoms with Gasteiger partial charge in [0.05, 0.1) is 17.2 Å². The molecule has 0 radical (unpaired) electrons. The van der Waals surface area contributed by atoms with Crippen molar-refractivity contribution in [1.82, 2.24) is 4.90 Å². The van der Waals surface area contributed by atoms with Crippen molar-refractivity contribution < 1.29 is 14.3 Å². The number of benzene rings is 2. The van der Waals surface area contributed by atoms with Crippen LogP contribution in [0.25, 0.3) is 0 Å². The van der Waals surface area contributed by atoms with E-state index in [1.165, 1.54) is 6.07 Å². The molecule has 1 aliphatic heterocycles. The first kappa shape index (κ1) is 18.7. The zero-order valence-corrected chi connectivity index (χ0v) is 15.4. The molecule has 2 aromatic carbocycles. The molecule has 2 aromatic rings. The summed E-state index contributed by atoms with van der Waals surface area (Å²) < 4.78 is 5.10. The number of hydrogen-bond acceptors (Lipinski definition) is 5. The smallest absolute Gasteiger partial charge is 0.338 e. The lowest BCUT2D eigenvalue weighted by atomic mass is 10.1. The molecule has 0 atom stereocenters. The first-order chi connectivity index (χ1) is 13.1. The number of piperazine rings is 1. The average molecular weight is 384 g/mol. The molecule has 0 aromatic heterocycles. The highest BCUT2D eigenvalue weighted by Gasteiger charge is 2.22. The highest BCUT2D eigenvalue weighted by Crippen LogP contribution is 2.20. The van der Waals surface area contributed by atoms with Gasteiger partial charge in [-0.2, -0.15) is 5.26 Å². The summed E-state index contributed by atoms with van der Waals surface area (Å²) in [6.45, 7) is 2.15. The Bertz CT molecular complexity index is 886. The van der Waals surface area contributed by atoms with Crippen LogP contribution in [0.1, 0.15) is 15.9 Å². The van der Waals surface area contributed by atoms with Crippen LogP contribution in [-0.4, -0.2) is 49.6 Å². The fourth-order valence-corrected chi connectivity index (χ4v) is 3.09. The molecule has 27 heavy (non-hydrogen) atoms. The Morgan fingerprint density at radius 1 is 1.07 bits per heavy atom. The Hall–Kier alpha value is -3.04. The quantitative estimate of drug-likeness (QED) is 0.759. The molecule has 7 heteroatoms. The van der Waals surface area contributed by atoms with Crippen LogP contribution in [0.5, 0.6) is 0 Å². The molecule has 0 bridgehead atoms. The van der Waals surface area contributed by atoms with Crippen molar-refractivity contribution in [2.75, 3.05) is 37.7 Å². The van der Waals surface area contributed by atoms with Crippen LogP contribution in [0.3, 0.4) is 0 Å². The van der Waals surface area contributed by atoms with Gasteiger partial charge in [-0.15, -0.1) is 0 Å². The molecular weight excluding hydrogens is 366 g/mol. The molecule has 6 nitrogen and oxygen atoms in total. The van der Waals surface area contributed by atoms with Gasteiger partial charge in [-0.25, -0.2) is 4.79 Å².